The fourth-order valence-electron chi connectivity index (χ4n) is 5.79. The van der Waals surface area contributed by atoms with Gasteiger partial charge in [0.05, 0.1) is 10.3 Å². The van der Waals surface area contributed by atoms with Crippen LogP contribution in [0.4, 0.5) is 11.4 Å². The molecule has 6 heteroatoms. The molecular formula is C31H39N2O3S+. The Morgan fingerprint density at radius 3 is 2.30 bits per heavy atom. The number of nitrogens with zero attached hydrogens (tertiary/aromatic N) is 2. The molecule has 0 bridgehead atoms. The monoisotopic (exact) mass is 519 g/mol. The molecule has 37 heavy (non-hydrogen) atoms. The van der Waals surface area contributed by atoms with E-state index in [9.17, 15) is 13.0 Å². The van der Waals surface area contributed by atoms with Crippen LogP contribution >= 0.6 is 0 Å². The molecule has 2 aromatic carbocycles. The van der Waals surface area contributed by atoms with Crippen molar-refractivity contribution in [2.75, 3.05) is 11.4 Å². The van der Waals surface area contributed by atoms with Gasteiger partial charge in [0.25, 0.3) is 10.1 Å². The third kappa shape index (κ3) is 4.62. The van der Waals surface area contributed by atoms with Crippen molar-refractivity contribution in [2.45, 2.75) is 77.2 Å². The standard InChI is InChI=1S/C31H38N2O3S/c1-9-32-26-17-15-22(4)19-24(26)30(5,6)28(32)13-11-10-12-14-29-31(7,8)25-20-23(37(34,35)36)16-18-27(25)33(29)21(2)3/h10-21H,9H2,1-8H3/p+1. The Labute approximate surface area is 222 Å². The van der Waals surface area contributed by atoms with Crippen molar-refractivity contribution in [3.8, 4) is 0 Å². The Balaban J connectivity index is 1.66. The molecule has 2 heterocycles. The third-order valence-electron chi connectivity index (χ3n) is 7.71. The quantitative estimate of drug-likeness (QED) is 0.258. The molecule has 0 unspecified atom stereocenters. The Morgan fingerprint density at radius 2 is 1.68 bits per heavy atom. The Morgan fingerprint density at radius 1 is 0.973 bits per heavy atom. The maximum absolute atomic E-state index is 11.8. The number of anilines is 1. The summed E-state index contributed by atoms with van der Waals surface area (Å²) in [5, 5.41) is 0. The highest BCUT2D eigenvalue weighted by Gasteiger charge is 2.44. The molecule has 2 aromatic rings. The van der Waals surface area contributed by atoms with Gasteiger partial charge in [-0.05, 0) is 77.4 Å². The van der Waals surface area contributed by atoms with Gasteiger partial charge < -0.3 is 4.90 Å². The molecule has 1 N–H and O–H groups in total. The lowest BCUT2D eigenvalue weighted by molar-refractivity contribution is -0.433. The summed E-state index contributed by atoms with van der Waals surface area (Å²) in [6.07, 6.45) is 10.5. The Hall–Kier alpha value is -2.96. The minimum atomic E-state index is -4.27. The highest BCUT2D eigenvalue weighted by molar-refractivity contribution is 7.85. The van der Waals surface area contributed by atoms with Crippen LogP contribution in [0.3, 0.4) is 0 Å². The van der Waals surface area contributed by atoms with Crippen LogP contribution in [-0.4, -0.2) is 35.8 Å². The first-order valence-electron chi connectivity index (χ1n) is 12.9. The third-order valence-corrected chi connectivity index (χ3v) is 8.56. The van der Waals surface area contributed by atoms with Crippen LogP contribution in [0, 0.1) is 6.92 Å². The minimum Gasteiger partial charge on any atom is -0.341 e. The Bertz CT molecular complexity index is 1470. The normalized spacial score (nSPS) is 19.6. The van der Waals surface area contributed by atoms with Crippen LogP contribution in [0.5, 0.6) is 0 Å². The molecule has 2 aliphatic rings. The van der Waals surface area contributed by atoms with Gasteiger partial charge in [0.15, 0.2) is 5.71 Å². The lowest BCUT2D eigenvalue weighted by Gasteiger charge is -2.30. The van der Waals surface area contributed by atoms with Crippen molar-refractivity contribution in [3.63, 3.8) is 0 Å². The SMILES string of the molecule is CC[N+]1=C(C=CC=CC=C2N(C(C)C)c3ccc(S(=O)(=O)O)cc3C2(C)C)C(C)(C)c2cc(C)ccc21. The van der Waals surface area contributed by atoms with E-state index in [0.717, 1.165) is 23.5 Å². The van der Waals surface area contributed by atoms with Crippen molar-refractivity contribution in [2.24, 2.45) is 0 Å². The van der Waals surface area contributed by atoms with Gasteiger partial charge in [0.2, 0.25) is 5.69 Å². The number of benzene rings is 2. The number of allylic oxidation sites excluding steroid dienone is 6. The second-order valence-corrected chi connectivity index (χ2v) is 12.7. The van der Waals surface area contributed by atoms with E-state index in [2.05, 4.69) is 113 Å². The van der Waals surface area contributed by atoms with E-state index in [1.165, 1.54) is 28.6 Å². The van der Waals surface area contributed by atoms with Crippen molar-refractivity contribution < 1.29 is 17.5 Å². The predicted octanol–water partition coefficient (Wildman–Crippen LogP) is 6.84. The van der Waals surface area contributed by atoms with Gasteiger partial charge >= 0.3 is 0 Å². The van der Waals surface area contributed by atoms with Gasteiger partial charge in [-0.1, -0.05) is 43.7 Å². The smallest absolute Gasteiger partial charge is 0.294 e. The first-order chi connectivity index (χ1) is 17.2. The van der Waals surface area contributed by atoms with E-state index in [1.807, 2.05) is 0 Å². The molecule has 0 saturated heterocycles. The highest BCUT2D eigenvalue weighted by atomic mass is 32.2. The van der Waals surface area contributed by atoms with Crippen LogP contribution in [0.2, 0.25) is 0 Å². The van der Waals surface area contributed by atoms with Gasteiger partial charge in [-0.25, -0.2) is 0 Å². The van der Waals surface area contributed by atoms with Crippen molar-refractivity contribution in [3.05, 3.63) is 89.2 Å². The van der Waals surface area contributed by atoms with Crippen LogP contribution in [0.1, 0.15) is 65.2 Å². The van der Waals surface area contributed by atoms with Crippen molar-refractivity contribution >= 4 is 27.2 Å². The second-order valence-electron chi connectivity index (χ2n) is 11.3. The molecule has 0 fully saturated rings. The topological polar surface area (TPSA) is 60.6 Å². The molecule has 0 aliphatic carbocycles. The molecule has 0 atom stereocenters. The van der Waals surface area contributed by atoms with E-state index < -0.39 is 15.5 Å². The summed E-state index contributed by atoms with van der Waals surface area (Å²) < 4.78 is 35.5. The van der Waals surface area contributed by atoms with E-state index >= 15 is 0 Å². The first kappa shape index (κ1) is 27.1. The summed E-state index contributed by atoms with van der Waals surface area (Å²) in [5.41, 5.74) is 7.65. The number of aryl methyl sites for hydroxylation is 1. The lowest BCUT2D eigenvalue weighted by Crippen LogP contribution is -2.31. The predicted molar refractivity (Wildman–Crippen MR) is 153 cm³/mol. The molecule has 196 valence electrons. The molecule has 4 rings (SSSR count). The zero-order valence-corrected chi connectivity index (χ0v) is 24.0. The van der Waals surface area contributed by atoms with Gasteiger partial charge in [-0.15, -0.1) is 0 Å². The summed E-state index contributed by atoms with van der Waals surface area (Å²) in [6.45, 7) is 18.2. The number of fused-ring (bicyclic) bond motifs is 2. The fourth-order valence-corrected chi connectivity index (χ4v) is 6.29. The molecule has 0 radical (unpaired) electrons. The van der Waals surface area contributed by atoms with Crippen LogP contribution in [0.15, 0.2) is 77.4 Å². The summed E-state index contributed by atoms with van der Waals surface area (Å²) >= 11 is 0. The minimum absolute atomic E-state index is 0.0735. The van der Waals surface area contributed by atoms with Crippen LogP contribution in [0.25, 0.3) is 0 Å². The first-order valence-corrected chi connectivity index (χ1v) is 14.4. The van der Waals surface area contributed by atoms with Crippen LogP contribution < -0.4 is 4.90 Å². The lowest BCUT2D eigenvalue weighted by atomic mass is 9.81. The summed E-state index contributed by atoms with van der Waals surface area (Å²) in [6, 6.07) is 11.8. The molecule has 0 saturated carbocycles. The highest BCUT2D eigenvalue weighted by Crippen LogP contribution is 2.49. The molecule has 0 amide bonds. The summed E-state index contributed by atoms with van der Waals surface area (Å²) in [5.74, 6) is 0. The van der Waals surface area contributed by atoms with E-state index in [1.54, 1.807) is 12.1 Å². The van der Waals surface area contributed by atoms with E-state index in [0.29, 0.717) is 0 Å². The maximum Gasteiger partial charge on any atom is 0.294 e. The van der Waals surface area contributed by atoms with Crippen molar-refractivity contribution in [1.82, 2.24) is 0 Å². The average molecular weight is 520 g/mol. The largest absolute Gasteiger partial charge is 0.341 e. The van der Waals surface area contributed by atoms with E-state index in [4.69, 9.17) is 0 Å². The molecule has 0 aromatic heterocycles. The van der Waals surface area contributed by atoms with Gasteiger partial charge in [0.1, 0.15) is 6.54 Å². The molecule has 5 nitrogen and oxygen atoms in total. The number of rotatable bonds is 6. The van der Waals surface area contributed by atoms with Crippen molar-refractivity contribution in [1.29, 1.82) is 0 Å². The molecule has 0 spiro atoms. The zero-order chi connectivity index (χ0) is 27.3. The molecular weight excluding hydrogens is 480 g/mol. The average Bonchev–Trinajstić information content (AvgIpc) is 3.16. The summed E-state index contributed by atoms with van der Waals surface area (Å²) in [7, 11) is -4.27. The van der Waals surface area contributed by atoms with Gasteiger partial charge in [-0.3, -0.25) is 4.55 Å². The number of hydrogen-bond acceptors (Lipinski definition) is 3. The maximum atomic E-state index is 11.8. The summed E-state index contributed by atoms with van der Waals surface area (Å²) in [4.78, 5) is 2.17. The second kappa shape index (κ2) is 9.41. The zero-order valence-electron chi connectivity index (χ0n) is 23.2. The van der Waals surface area contributed by atoms with Crippen LogP contribution in [-0.2, 0) is 20.9 Å². The number of hydrogen-bond donors (Lipinski definition) is 1. The Kier molecular flexibility index (Phi) is 6.89. The fraction of sp³-hybridized carbons (Fsp3) is 0.387. The van der Waals surface area contributed by atoms with Gasteiger partial charge in [0, 0.05) is 40.5 Å². The van der Waals surface area contributed by atoms with E-state index in [-0.39, 0.29) is 16.4 Å². The van der Waals surface area contributed by atoms with Gasteiger partial charge in [-0.2, -0.15) is 13.0 Å². The molecule has 2 aliphatic heterocycles.